The van der Waals surface area contributed by atoms with Crippen molar-refractivity contribution in [1.82, 2.24) is 0 Å². The van der Waals surface area contributed by atoms with Crippen molar-refractivity contribution in [2.45, 2.75) is 6.92 Å². The third kappa shape index (κ3) is 5.23. The number of rotatable bonds is 6. The zero-order valence-corrected chi connectivity index (χ0v) is 15.3. The first kappa shape index (κ1) is 18.7. The normalized spacial score (nSPS) is 10.6. The van der Waals surface area contributed by atoms with Crippen LogP contribution in [0.5, 0.6) is 11.5 Å². The minimum Gasteiger partial charge on any atom is -0.457 e. The lowest BCUT2D eigenvalue weighted by Gasteiger charge is -2.08. The molecule has 0 unspecified atom stereocenters. The van der Waals surface area contributed by atoms with E-state index in [0.717, 1.165) is 17.0 Å². The van der Waals surface area contributed by atoms with E-state index in [2.05, 4.69) is 10.6 Å². The average molecular weight is 369 g/mol. The monoisotopic (exact) mass is 369 g/mol. The summed E-state index contributed by atoms with van der Waals surface area (Å²) in [4.78, 5) is 12.3. The number of nitriles is 1. The summed E-state index contributed by atoms with van der Waals surface area (Å²) in [7, 11) is 0. The molecule has 3 aromatic rings. The molecule has 3 rings (SSSR count). The van der Waals surface area contributed by atoms with Crippen LogP contribution in [0.25, 0.3) is 0 Å². The van der Waals surface area contributed by atoms with Crippen molar-refractivity contribution >= 4 is 17.3 Å². The summed E-state index contributed by atoms with van der Waals surface area (Å²) < 4.78 is 5.73. The minimum atomic E-state index is -0.468. The molecule has 1 amide bonds. The number of anilines is 2. The van der Waals surface area contributed by atoms with Gasteiger partial charge in [0.25, 0.3) is 5.91 Å². The zero-order chi connectivity index (χ0) is 19.8. The second-order valence-electron chi connectivity index (χ2n) is 6.08. The lowest BCUT2D eigenvalue weighted by atomic mass is 10.2. The number of para-hydroxylation sites is 1. The van der Waals surface area contributed by atoms with Crippen LogP contribution in [-0.2, 0) is 4.79 Å². The molecule has 0 aliphatic carbocycles. The lowest BCUT2D eigenvalue weighted by molar-refractivity contribution is -0.112. The minimum absolute atomic E-state index is 0.0221. The van der Waals surface area contributed by atoms with E-state index in [1.807, 2.05) is 85.8 Å². The van der Waals surface area contributed by atoms with Gasteiger partial charge in [-0.2, -0.15) is 5.26 Å². The van der Waals surface area contributed by atoms with E-state index in [1.165, 1.54) is 6.20 Å². The Morgan fingerprint density at radius 2 is 1.64 bits per heavy atom. The third-order valence-corrected chi connectivity index (χ3v) is 3.86. The molecule has 2 N–H and O–H groups in total. The average Bonchev–Trinajstić information content (AvgIpc) is 2.70. The summed E-state index contributed by atoms with van der Waals surface area (Å²) >= 11 is 0. The Labute approximate surface area is 163 Å². The topological polar surface area (TPSA) is 74.2 Å². The van der Waals surface area contributed by atoms with E-state index in [-0.39, 0.29) is 5.57 Å². The van der Waals surface area contributed by atoms with Crippen LogP contribution in [0, 0.1) is 18.3 Å². The highest BCUT2D eigenvalue weighted by atomic mass is 16.5. The summed E-state index contributed by atoms with van der Waals surface area (Å²) in [6.45, 7) is 1.93. The Bertz CT molecular complexity index is 1020. The van der Waals surface area contributed by atoms with Gasteiger partial charge in [0.2, 0.25) is 0 Å². The van der Waals surface area contributed by atoms with Crippen LogP contribution in [0.2, 0.25) is 0 Å². The van der Waals surface area contributed by atoms with Crippen LogP contribution in [0.15, 0.2) is 90.6 Å². The Morgan fingerprint density at radius 1 is 0.929 bits per heavy atom. The molecule has 0 aliphatic heterocycles. The molecule has 0 saturated heterocycles. The largest absolute Gasteiger partial charge is 0.457 e. The fourth-order valence-electron chi connectivity index (χ4n) is 2.47. The molecule has 5 nitrogen and oxygen atoms in total. The molecule has 5 heteroatoms. The van der Waals surface area contributed by atoms with Crippen molar-refractivity contribution in [1.29, 1.82) is 5.26 Å². The lowest BCUT2D eigenvalue weighted by Crippen LogP contribution is -2.14. The zero-order valence-electron chi connectivity index (χ0n) is 15.3. The van der Waals surface area contributed by atoms with Gasteiger partial charge >= 0.3 is 0 Å². The number of amides is 1. The molecule has 0 aromatic heterocycles. The molecular weight excluding hydrogens is 350 g/mol. The van der Waals surface area contributed by atoms with Crippen molar-refractivity contribution in [3.05, 3.63) is 96.2 Å². The van der Waals surface area contributed by atoms with Gasteiger partial charge in [-0.3, -0.25) is 4.79 Å². The first-order valence-corrected chi connectivity index (χ1v) is 8.72. The van der Waals surface area contributed by atoms with E-state index in [0.29, 0.717) is 11.4 Å². The van der Waals surface area contributed by atoms with Crippen LogP contribution in [0.3, 0.4) is 0 Å². The van der Waals surface area contributed by atoms with Crippen molar-refractivity contribution in [2.75, 3.05) is 10.6 Å². The van der Waals surface area contributed by atoms with Gasteiger partial charge in [0.05, 0.1) is 0 Å². The van der Waals surface area contributed by atoms with Gasteiger partial charge in [-0.05, 0) is 61.0 Å². The van der Waals surface area contributed by atoms with Gasteiger partial charge in [0.15, 0.2) is 0 Å². The van der Waals surface area contributed by atoms with Crippen LogP contribution < -0.4 is 15.4 Å². The molecular formula is C23H19N3O2. The van der Waals surface area contributed by atoms with Crippen molar-refractivity contribution in [3.8, 4) is 17.6 Å². The predicted molar refractivity (Wildman–Crippen MR) is 110 cm³/mol. The van der Waals surface area contributed by atoms with E-state index in [1.54, 1.807) is 6.07 Å². The number of carbonyl (C=O) groups excluding carboxylic acids is 1. The van der Waals surface area contributed by atoms with Gasteiger partial charge in [-0.25, -0.2) is 0 Å². The number of nitrogens with zero attached hydrogens (tertiary/aromatic N) is 1. The Balaban J connectivity index is 1.62. The number of aryl methyl sites for hydroxylation is 1. The molecule has 0 saturated carbocycles. The van der Waals surface area contributed by atoms with Gasteiger partial charge in [0, 0.05) is 17.6 Å². The standard InChI is InChI=1S/C23H19N3O2/c1-17-6-5-7-20(14-17)26-23(27)18(15-24)16-25-19-10-12-22(13-11-19)28-21-8-3-2-4-9-21/h2-14,16,25H,1H3,(H,26,27)/b18-16-. The quantitative estimate of drug-likeness (QED) is 0.460. The summed E-state index contributed by atoms with van der Waals surface area (Å²) in [5, 5.41) is 15.0. The molecule has 3 aromatic carbocycles. The Hall–Kier alpha value is -4.04. The third-order valence-electron chi connectivity index (χ3n) is 3.86. The highest BCUT2D eigenvalue weighted by Gasteiger charge is 2.09. The Morgan fingerprint density at radius 3 is 2.32 bits per heavy atom. The number of benzene rings is 3. The summed E-state index contributed by atoms with van der Waals surface area (Å²) in [6, 6.07) is 26.0. The SMILES string of the molecule is Cc1cccc(NC(=O)/C(C#N)=C\Nc2ccc(Oc3ccccc3)cc2)c1. The van der Waals surface area contributed by atoms with Crippen molar-refractivity contribution in [2.24, 2.45) is 0 Å². The fraction of sp³-hybridized carbons (Fsp3) is 0.0435. The fourth-order valence-corrected chi connectivity index (χ4v) is 2.47. The van der Waals surface area contributed by atoms with E-state index in [4.69, 9.17) is 4.74 Å². The Kier molecular flexibility index (Phi) is 6.06. The van der Waals surface area contributed by atoms with Crippen LogP contribution in [0.1, 0.15) is 5.56 Å². The number of hydrogen-bond acceptors (Lipinski definition) is 4. The number of nitrogens with one attached hydrogen (secondary N) is 2. The second kappa shape index (κ2) is 9.06. The van der Waals surface area contributed by atoms with E-state index in [9.17, 15) is 10.1 Å². The first-order chi connectivity index (χ1) is 13.6. The van der Waals surface area contributed by atoms with Crippen LogP contribution in [0.4, 0.5) is 11.4 Å². The van der Waals surface area contributed by atoms with Crippen LogP contribution >= 0.6 is 0 Å². The number of hydrogen-bond donors (Lipinski definition) is 2. The molecule has 0 bridgehead atoms. The smallest absolute Gasteiger partial charge is 0.267 e. The molecule has 0 aliphatic rings. The molecule has 0 heterocycles. The summed E-state index contributed by atoms with van der Waals surface area (Å²) in [5.41, 5.74) is 2.38. The summed E-state index contributed by atoms with van der Waals surface area (Å²) in [6.07, 6.45) is 1.39. The van der Waals surface area contributed by atoms with Gasteiger partial charge in [-0.1, -0.05) is 30.3 Å². The molecule has 138 valence electrons. The number of carbonyl (C=O) groups is 1. The highest BCUT2D eigenvalue weighted by molar-refractivity contribution is 6.06. The van der Waals surface area contributed by atoms with Crippen molar-refractivity contribution < 1.29 is 9.53 Å². The second-order valence-corrected chi connectivity index (χ2v) is 6.08. The molecule has 0 fully saturated rings. The highest BCUT2D eigenvalue weighted by Crippen LogP contribution is 2.22. The molecule has 0 atom stereocenters. The van der Waals surface area contributed by atoms with Crippen LogP contribution in [-0.4, -0.2) is 5.91 Å². The molecule has 0 spiro atoms. The van der Waals surface area contributed by atoms with E-state index < -0.39 is 5.91 Å². The predicted octanol–water partition coefficient (Wildman–Crippen LogP) is 5.25. The summed E-state index contributed by atoms with van der Waals surface area (Å²) in [5.74, 6) is 0.978. The maximum Gasteiger partial charge on any atom is 0.267 e. The van der Waals surface area contributed by atoms with Gasteiger partial charge in [0.1, 0.15) is 23.1 Å². The maximum atomic E-state index is 12.3. The van der Waals surface area contributed by atoms with Gasteiger partial charge < -0.3 is 15.4 Å². The maximum absolute atomic E-state index is 12.3. The van der Waals surface area contributed by atoms with Gasteiger partial charge in [-0.15, -0.1) is 0 Å². The molecule has 0 radical (unpaired) electrons. The first-order valence-electron chi connectivity index (χ1n) is 8.72. The number of ether oxygens (including phenoxy) is 1. The van der Waals surface area contributed by atoms with E-state index >= 15 is 0 Å². The van der Waals surface area contributed by atoms with Crippen molar-refractivity contribution in [3.63, 3.8) is 0 Å². The molecule has 28 heavy (non-hydrogen) atoms.